The summed E-state index contributed by atoms with van der Waals surface area (Å²) in [4.78, 5) is 21.7. The van der Waals surface area contributed by atoms with Crippen molar-refractivity contribution in [2.45, 2.75) is 85.7 Å². The van der Waals surface area contributed by atoms with E-state index in [1.807, 2.05) is 20.8 Å². The van der Waals surface area contributed by atoms with Gasteiger partial charge in [0.05, 0.1) is 0 Å². The van der Waals surface area contributed by atoms with Gasteiger partial charge < -0.3 is 14.8 Å². The van der Waals surface area contributed by atoms with Crippen LogP contribution in [0.2, 0.25) is 0 Å². The minimum Gasteiger partial charge on any atom is -0.367 e. The van der Waals surface area contributed by atoms with Gasteiger partial charge in [-0.15, -0.1) is 0 Å². The van der Waals surface area contributed by atoms with Gasteiger partial charge in [0, 0.05) is 35.4 Å². The van der Waals surface area contributed by atoms with Gasteiger partial charge in [0.2, 0.25) is 0 Å². The highest BCUT2D eigenvalue weighted by molar-refractivity contribution is 5.85. The number of carbonyl (C=O) groups is 2. The normalized spacial score (nSPS) is 21.6. The molecule has 0 spiro atoms. The SMILES string of the molecule is C=C(C)NC(=C)C1(C)Cc2ccc(CC(Cc3cc(F)cc(F)c3)C3(C(C)=O)CCCO3)cc2C1.CC.CC=O. The summed E-state index contributed by atoms with van der Waals surface area (Å²) in [5.74, 6) is -1.46. The van der Waals surface area contributed by atoms with Crippen molar-refractivity contribution in [3.63, 3.8) is 0 Å². The number of fused-ring (bicyclic) bond motifs is 1. The minimum atomic E-state index is -0.935. The summed E-state index contributed by atoms with van der Waals surface area (Å²) in [5.41, 5.74) is 5.00. The van der Waals surface area contributed by atoms with E-state index in [1.54, 1.807) is 6.92 Å². The van der Waals surface area contributed by atoms with Gasteiger partial charge in [-0.3, -0.25) is 4.79 Å². The zero-order valence-electron chi connectivity index (χ0n) is 25.0. The number of benzene rings is 2. The maximum Gasteiger partial charge on any atom is 0.161 e. The molecule has 0 radical (unpaired) electrons. The number of hydrogen-bond donors (Lipinski definition) is 1. The van der Waals surface area contributed by atoms with Crippen molar-refractivity contribution in [1.29, 1.82) is 0 Å². The van der Waals surface area contributed by atoms with Gasteiger partial charge in [-0.05, 0) is 93.7 Å². The lowest BCUT2D eigenvalue weighted by Gasteiger charge is -2.35. The summed E-state index contributed by atoms with van der Waals surface area (Å²) in [6.07, 6.45) is 4.89. The summed E-state index contributed by atoms with van der Waals surface area (Å²) >= 11 is 0. The van der Waals surface area contributed by atoms with E-state index in [2.05, 4.69) is 43.6 Å². The first kappa shape index (κ1) is 33.1. The fraction of sp³-hybridized carbons (Fsp3) is 0.471. The molecule has 1 aliphatic carbocycles. The van der Waals surface area contributed by atoms with Crippen molar-refractivity contribution in [3.8, 4) is 0 Å². The Hall–Kier alpha value is -3.12. The smallest absolute Gasteiger partial charge is 0.161 e. The Bertz CT molecular complexity index is 1200. The molecule has 1 N–H and O–H groups in total. The highest BCUT2D eigenvalue weighted by Crippen LogP contribution is 2.43. The summed E-state index contributed by atoms with van der Waals surface area (Å²) in [6, 6.07) is 10.1. The maximum atomic E-state index is 13.9. The molecule has 1 aliphatic heterocycles. The van der Waals surface area contributed by atoms with E-state index in [0.717, 1.165) is 48.6 Å². The molecule has 6 heteroatoms. The molecule has 1 saturated heterocycles. The van der Waals surface area contributed by atoms with Gasteiger partial charge in [-0.1, -0.05) is 52.1 Å². The first-order chi connectivity index (χ1) is 18.9. The molecule has 4 rings (SSSR count). The van der Waals surface area contributed by atoms with Crippen molar-refractivity contribution in [2.24, 2.45) is 11.3 Å². The molecular formula is C34H45F2NO3. The topological polar surface area (TPSA) is 55.4 Å². The van der Waals surface area contributed by atoms with Crippen LogP contribution in [0.1, 0.15) is 76.6 Å². The number of hydrogen-bond acceptors (Lipinski definition) is 4. The average molecular weight is 554 g/mol. The van der Waals surface area contributed by atoms with Crippen molar-refractivity contribution in [2.75, 3.05) is 6.61 Å². The number of ketones is 1. The molecule has 1 fully saturated rings. The lowest BCUT2D eigenvalue weighted by atomic mass is 9.75. The molecule has 0 amide bonds. The molecule has 1 heterocycles. The molecule has 218 valence electrons. The fourth-order valence-corrected chi connectivity index (χ4v) is 5.92. The predicted octanol–water partition coefficient (Wildman–Crippen LogP) is 7.48. The van der Waals surface area contributed by atoms with E-state index < -0.39 is 17.2 Å². The highest BCUT2D eigenvalue weighted by Gasteiger charge is 2.47. The fourth-order valence-electron chi connectivity index (χ4n) is 5.92. The molecule has 0 bridgehead atoms. The Kier molecular flexibility index (Phi) is 12.0. The third-order valence-electron chi connectivity index (χ3n) is 7.72. The van der Waals surface area contributed by atoms with Gasteiger partial charge in [0.25, 0.3) is 0 Å². The molecule has 40 heavy (non-hydrogen) atoms. The lowest BCUT2D eigenvalue weighted by molar-refractivity contribution is -0.143. The van der Waals surface area contributed by atoms with Crippen molar-refractivity contribution in [3.05, 3.63) is 94.8 Å². The van der Waals surface area contributed by atoms with Gasteiger partial charge in [-0.25, -0.2) is 8.78 Å². The molecular weight excluding hydrogens is 508 g/mol. The van der Waals surface area contributed by atoms with E-state index in [1.165, 1.54) is 30.2 Å². The van der Waals surface area contributed by atoms with Crippen molar-refractivity contribution in [1.82, 2.24) is 5.32 Å². The van der Waals surface area contributed by atoms with Crippen LogP contribution < -0.4 is 5.32 Å². The monoisotopic (exact) mass is 553 g/mol. The molecule has 3 atom stereocenters. The Labute approximate surface area is 238 Å². The van der Waals surface area contributed by atoms with E-state index in [4.69, 9.17) is 9.53 Å². The van der Waals surface area contributed by atoms with Crippen LogP contribution in [0.4, 0.5) is 8.78 Å². The third-order valence-corrected chi connectivity index (χ3v) is 7.72. The number of ether oxygens (including phenoxy) is 1. The number of aldehydes is 1. The number of halogens is 2. The maximum absolute atomic E-state index is 13.9. The first-order valence-corrected chi connectivity index (χ1v) is 14.1. The van der Waals surface area contributed by atoms with Crippen LogP contribution in [0.5, 0.6) is 0 Å². The number of carbonyl (C=O) groups excluding carboxylic acids is 2. The Balaban J connectivity index is 0.00000105. The van der Waals surface area contributed by atoms with Gasteiger partial charge in [0.1, 0.15) is 23.5 Å². The Morgan fingerprint density at radius 1 is 1.02 bits per heavy atom. The molecule has 4 nitrogen and oxygen atoms in total. The second-order valence-corrected chi connectivity index (χ2v) is 10.9. The highest BCUT2D eigenvalue weighted by atomic mass is 19.1. The third kappa shape index (κ3) is 7.97. The van der Waals surface area contributed by atoms with Gasteiger partial charge in [0.15, 0.2) is 5.78 Å². The predicted molar refractivity (Wildman–Crippen MR) is 158 cm³/mol. The second kappa shape index (κ2) is 14.5. The Morgan fingerprint density at radius 3 is 2.12 bits per heavy atom. The largest absolute Gasteiger partial charge is 0.367 e. The van der Waals surface area contributed by atoms with E-state index >= 15 is 0 Å². The van der Waals surface area contributed by atoms with Crippen LogP contribution >= 0.6 is 0 Å². The Morgan fingerprint density at radius 2 is 1.60 bits per heavy atom. The van der Waals surface area contributed by atoms with Crippen LogP contribution in [0.25, 0.3) is 0 Å². The molecule has 2 aliphatic rings. The summed E-state index contributed by atoms with van der Waals surface area (Å²) < 4.78 is 34.0. The summed E-state index contributed by atoms with van der Waals surface area (Å²) in [5, 5.41) is 3.29. The molecule has 0 saturated carbocycles. The minimum absolute atomic E-state index is 0.0206. The lowest BCUT2D eigenvalue weighted by Crippen LogP contribution is -2.46. The average Bonchev–Trinajstić information content (AvgIpc) is 3.50. The zero-order chi connectivity index (χ0) is 30.1. The van der Waals surface area contributed by atoms with Crippen LogP contribution in [0, 0.1) is 23.0 Å². The van der Waals surface area contributed by atoms with Crippen LogP contribution in [-0.4, -0.2) is 24.3 Å². The zero-order valence-corrected chi connectivity index (χ0v) is 25.0. The standard InChI is InChI=1S/C30H35F2NO2.C2H4O.C2H6/c1-19(2)33-20(3)29(5)17-24-8-7-22(11-25(24)18-29)12-26(30(21(4)34)9-6-10-35-30)13-23-14-27(31)16-28(32)15-23;1-2-3;1-2/h7-8,11,14-16,26,33H,1,3,6,9-10,12-13,17-18H2,2,4-5H3;2H,1H3;1-2H3. The number of nitrogens with one attached hydrogen (secondary N) is 1. The molecule has 2 aromatic carbocycles. The summed E-state index contributed by atoms with van der Waals surface area (Å²) in [6.45, 7) is 19.9. The van der Waals surface area contributed by atoms with Crippen molar-refractivity contribution < 1.29 is 23.1 Å². The molecule has 0 aromatic heterocycles. The van der Waals surface area contributed by atoms with E-state index in [9.17, 15) is 13.6 Å². The van der Waals surface area contributed by atoms with Crippen LogP contribution in [0.3, 0.4) is 0 Å². The molecule has 3 unspecified atom stereocenters. The van der Waals surface area contributed by atoms with Crippen LogP contribution in [-0.2, 0) is 40.0 Å². The quantitative estimate of drug-likeness (QED) is 0.327. The van der Waals surface area contributed by atoms with Crippen LogP contribution in [0.15, 0.2) is 61.0 Å². The van der Waals surface area contributed by atoms with Gasteiger partial charge >= 0.3 is 0 Å². The first-order valence-electron chi connectivity index (χ1n) is 14.1. The molecule has 2 aromatic rings. The van der Waals surface area contributed by atoms with Crippen molar-refractivity contribution >= 4 is 12.1 Å². The van der Waals surface area contributed by atoms with E-state index in [-0.39, 0.29) is 17.1 Å². The number of Topliss-reactive ketones (excluding diaryl/α,β-unsaturated/α-hetero) is 1. The number of allylic oxidation sites excluding steroid dienone is 2. The summed E-state index contributed by atoms with van der Waals surface area (Å²) in [7, 11) is 0. The van der Waals surface area contributed by atoms with Gasteiger partial charge in [-0.2, -0.15) is 0 Å². The second-order valence-electron chi connectivity index (χ2n) is 10.9. The van der Waals surface area contributed by atoms with E-state index in [0.29, 0.717) is 31.4 Å². The number of rotatable bonds is 9.